The van der Waals surface area contributed by atoms with Gasteiger partial charge in [-0.15, -0.1) is 11.3 Å². The number of anilines is 1. The number of rotatable bonds is 8. The van der Waals surface area contributed by atoms with Crippen molar-refractivity contribution in [2.24, 2.45) is 0 Å². The van der Waals surface area contributed by atoms with E-state index in [0.29, 0.717) is 41.4 Å². The van der Waals surface area contributed by atoms with Crippen LogP contribution in [0.15, 0.2) is 72.2 Å². The van der Waals surface area contributed by atoms with E-state index in [0.717, 1.165) is 31.9 Å². The lowest BCUT2D eigenvalue weighted by Gasteiger charge is -2.38. The van der Waals surface area contributed by atoms with Crippen LogP contribution in [-0.2, 0) is 21.8 Å². The molecule has 9 nitrogen and oxygen atoms in total. The van der Waals surface area contributed by atoms with Crippen LogP contribution in [0.5, 0.6) is 5.75 Å². The molecule has 4 heterocycles. The van der Waals surface area contributed by atoms with Gasteiger partial charge in [-0.3, -0.25) is 9.88 Å². The predicted molar refractivity (Wildman–Crippen MR) is 162 cm³/mol. The number of nitrogens with zero attached hydrogens (tertiary/aromatic N) is 6. The molecule has 2 aromatic carbocycles. The Labute approximate surface area is 254 Å². The monoisotopic (exact) mass is 616 g/mol. The molecule has 2 saturated heterocycles. The third-order valence-corrected chi connectivity index (χ3v) is 8.14. The first-order valence-corrected chi connectivity index (χ1v) is 15.3. The van der Waals surface area contributed by atoms with Crippen LogP contribution < -0.4 is 9.64 Å². The van der Waals surface area contributed by atoms with Crippen molar-refractivity contribution >= 4 is 40.2 Å². The molecule has 12 heteroatoms. The Hall–Kier alpha value is -2.73. The summed E-state index contributed by atoms with van der Waals surface area (Å²) in [7, 11) is 0. The molecule has 6 rings (SSSR count). The van der Waals surface area contributed by atoms with Crippen LogP contribution in [0.3, 0.4) is 0 Å². The zero-order valence-electron chi connectivity index (χ0n) is 23.1. The van der Waals surface area contributed by atoms with Gasteiger partial charge in [0.05, 0.1) is 17.1 Å². The molecule has 2 aromatic heterocycles. The number of benzene rings is 2. The first-order valence-electron chi connectivity index (χ1n) is 13.6. The van der Waals surface area contributed by atoms with Crippen molar-refractivity contribution in [1.82, 2.24) is 24.6 Å². The van der Waals surface area contributed by atoms with Crippen molar-refractivity contribution in [1.29, 1.82) is 0 Å². The van der Waals surface area contributed by atoms with Crippen LogP contribution >= 0.6 is 34.5 Å². The van der Waals surface area contributed by atoms with Gasteiger partial charge in [0.15, 0.2) is 0 Å². The molecule has 0 spiro atoms. The second kappa shape index (κ2) is 14.0. The first kappa shape index (κ1) is 29.8. The minimum absolute atomic E-state index is 0.288. The lowest BCUT2D eigenvalue weighted by Crippen LogP contribution is -2.48. The maximum Gasteiger partial charge on any atom is 0.217 e. The van der Waals surface area contributed by atoms with Crippen LogP contribution in [0.4, 0.5) is 5.69 Å². The van der Waals surface area contributed by atoms with Crippen molar-refractivity contribution < 1.29 is 14.2 Å². The fourth-order valence-electron chi connectivity index (χ4n) is 4.90. The largest absolute Gasteiger partial charge is 0.491 e. The normalized spacial score (nSPS) is 21.1. The molecular formula is C29H34Cl2N6O3S. The molecule has 4 aromatic rings. The van der Waals surface area contributed by atoms with Crippen LogP contribution in [-0.4, -0.2) is 76.2 Å². The van der Waals surface area contributed by atoms with Gasteiger partial charge in [0.25, 0.3) is 0 Å². The molecule has 0 radical (unpaired) electrons. The lowest BCUT2D eigenvalue weighted by atomic mass is 10.1. The van der Waals surface area contributed by atoms with Gasteiger partial charge >= 0.3 is 0 Å². The SMILES string of the molecule is CC(C)N1CCN(c2ccc(OC[C@H]3CO[C@](Cn4cncn4)(c4ccc(Cl)cc4Cl)O3)cc2)CC1.c1cscn1. The molecular weight excluding hydrogens is 583 g/mol. The van der Waals surface area contributed by atoms with Crippen LogP contribution in [0.2, 0.25) is 10.0 Å². The molecule has 0 amide bonds. The Kier molecular flexibility index (Phi) is 10.1. The summed E-state index contributed by atoms with van der Waals surface area (Å²) in [5, 5.41) is 7.16. The molecule has 41 heavy (non-hydrogen) atoms. The highest BCUT2D eigenvalue weighted by molar-refractivity contribution is 7.07. The summed E-state index contributed by atoms with van der Waals surface area (Å²) in [5.74, 6) is -0.327. The summed E-state index contributed by atoms with van der Waals surface area (Å²) in [6.07, 6.45) is 4.57. The number of piperazine rings is 1. The summed E-state index contributed by atoms with van der Waals surface area (Å²) in [4.78, 5) is 12.7. The minimum atomic E-state index is -1.12. The lowest BCUT2D eigenvalue weighted by molar-refractivity contribution is -0.190. The van der Waals surface area contributed by atoms with Crippen LogP contribution in [0, 0.1) is 0 Å². The van der Waals surface area contributed by atoms with Gasteiger partial charge < -0.3 is 19.1 Å². The van der Waals surface area contributed by atoms with Gasteiger partial charge in [0.1, 0.15) is 37.7 Å². The van der Waals surface area contributed by atoms with E-state index in [1.807, 2.05) is 23.6 Å². The van der Waals surface area contributed by atoms with Gasteiger partial charge in [-0.25, -0.2) is 9.67 Å². The number of hydrogen-bond acceptors (Lipinski definition) is 9. The maximum absolute atomic E-state index is 6.53. The third kappa shape index (κ3) is 7.77. The van der Waals surface area contributed by atoms with E-state index in [1.165, 1.54) is 12.0 Å². The predicted octanol–water partition coefficient (Wildman–Crippen LogP) is 5.61. The van der Waals surface area contributed by atoms with E-state index in [4.69, 9.17) is 37.4 Å². The average molecular weight is 618 g/mol. The number of ether oxygens (including phenoxy) is 3. The molecule has 0 unspecified atom stereocenters. The molecule has 2 fully saturated rings. The van der Waals surface area contributed by atoms with Gasteiger partial charge in [0.2, 0.25) is 5.79 Å². The third-order valence-electron chi connectivity index (χ3n) is 7.07. The summed E-state index contributed by atoms with van der Waals surface area (Å²) in [6.45, 7) is 9.74. The van der Waals surface area contributed by atoms with Gasteiger partial charge in [-0.05, 0) is 50.2 Å². The van der Waals surface area contributed by atoms with Gasteiger partial charge in [-0.1, -0.05) is 29.3 Å². The van der Waals surface area contributed by atoms with Crippen LogP contribution in [0.1, 0.15) is 19.4 Å². The molecule has 2 aliphatic heterocycles. The summed E-state index contributed by atoms with van der Waals surface area (Å²) in [5.41, 5.74) is 3.70. The highest BCUT2D eigenvalue weighted by Crippen LogP contribution is 2.40. The zero-order chi connectivity index (χ0) is 28.7. The average Bonchev–Trinajstić information content (AvgIpc) is 3.78. The van der Waals surface area contributed by atoms with E-state index >= 15 is 0 Å². The standard InChI is InChI=1S/C26H31Cl2N5O3.C3H3NS/c1-19(2)31-9-11-32(12-10-31)21-4-6-22(7-5-21)34-14-23-15-35-26(36-23,16-33-18-29-17-30-33)24-8-3-20(27)13-25(24)28;1-2-5-3-4-1/h3-8,13,17-19,23H,9-12,14-16H2,1-2H3;1-3H/t23-,26-;/m0./s1. The topological polar surface area (TPSA) is 77.8 Å². The second-order valence-electron chi connectivity index (χ2n) is 10.1. The van der Waals surface area contributed by atoms with E-state index in [9.17, 15) is 0 Å². The first-order chi connectivity index (χ1) is 19.9. The molecule has 0 bridgehead atoms. The smallest absolute Gasteiger partial charge is 0.217 e. The Balaban J connectivity index is 0.000000610. The molecule has 218 valence electrons. The molecule has 2 aliphatic rings. The Bertz CT molecular complexity index is 1320. The quantitative estimate of drug-likeness (QED) is 0.253. The van der Waals surface area contributed by atoms with Crippen molar-refractivity contribution in [2.45, 2.75) is 38.3 Å². The fraction of sp³-hybridized carbons (Fsp3) is 0.414. The van der Waals surface area contributed by atoms with Crippen molar-refractivity contribution in [2.75, 3.05) is 44.3 Å². The van der Waals surface area contributed by atoms with Crippen molar-refractivity contribution in [3.05, 3.63) is 87.8 Å². The van der Waals surface area contributed by atoms with E-state index in [2.05, 4.69) is 50.8 Å². The van der Waals surface area contributed by atoms with Crippen molar-refractivity contribution in [3.8, 4) is 5.75 Å². The Morgan fingerprint density at radius 3 is 2.49 bits per heavy atom. The highest BCUT2D eigenvalue weighted by atomic mass is 35.5. The Morgan fingerprint density at radius 2 is 1.88 bits per heavy atom. The molecule has 0 N–H and O–H groups in total. The van der Waals surface area contributed by atoms with Gasteiger partial charge in [-0.2, -0.15) is 5.10 Å². The summed E-state index contributed by atoms with van der Waals surface area (Å²) < 4.78 is 20.4. The molecule has 2 atom stereocenters. The number of hydrogen-bond donors (Lipinski definition) is 0. The fourth-order valence-corrected chi connectivity index (χ4v) is 5.80. The number of halogens is 2. The maximum atomic E-state index is 6.53. The second-order valence-corrected chi connectivity index (χ2v) is 11.7. The molecule has 0 saturated carbocycles. The summed E-state index contributed by atoms with van der Waals surface area (Å²) >= 11 is 14.3. The van der Waals surface area contributed by atoms with Crippen molar-refractivity contribution in [3.63, 3.8) is 0 Å². The molecule has 0 aliphatic carbocycles. The minimum Gasteiger partial charge on any atom is -0.491 e. The number of thiazole rings is 1. The van der Waals surface area contributed by atoms with E-state index < -0.39 is 5.79 Å². The number of aromatic nitrogens is 4. The highest BCUT2D eigenvalue weighted by Gasteiger charge is 2.45. The van der Waals surface area contributed by atoms with E-state index in [-0.39, 0.29) is 6.10 Å². The Morgan fingerprint density at radius 1 is 1.07 bits per heavy atom. The van der Waals surface area contributed by atoms with Gasteiger partial charge in [0, 0.05) is 60.1 Å². The van der Waals surface area contributed by atoms with E-state index in [1.54, 1.807) is 46.2 Å². The zero-order valence-corrected chi connectivity index (χ0v) is 25.4. The van der Waals surface area contributed by atoms with Crippen LogP contribution in [0.25, 0.3) is 0 Å². The summed E-state index contributed by atoms with van der Waals surface area (Å²) in [6, 6.07) is 14.1.